The van der Waals surface area contributed by atoms with Crippen LogP contribution in [0.5, 0.6) is 11.5 Å². The van der Waals surface area contributed by atoms with Crippen molar-refractivity contribution in [3.63, 3.8) is 0 Å². The summed E-state index contributed by atoms with van der Waals surface area (Å²) in [5.74, 6) is 3.09. The Morgan fingerprint density at radius 2 is 1.87 bits per heavy atom. The second-order valence-electron chi connectivity index (χ2n) is 5.45. The molecule has 0 fully saturated rings. The SMILES string of the molecule is COc1ccc(CCC(=O)N(C)Cc2ccc(C)o2)cc1OC. The number of hydrogen-bond donors (Lipinski definition) is 0. The lowest BCUT2D eigenvalue weighted by atomic mass is 10.1. The molecule has 5 nitrogen and oxygen atoms in total. The third-order valence-corrected chi connectivity index (χ3v) is 3.69. The molecule has 0 radical (unpaired) electrons. The number of amides is 1. The van der Waals surface area contributed by atoms with Crippen LogP contribution in [-0.2, 0) is 17.8 Å². The van der Waals surface area contributed by atoms with Crippen LogP contribution in [0.4, 0.5) is 0 Å². The molecule has 23 heavy (non-hydrogen) atoms. The Morgan fingerprint density at radius 3 is 2.48 bits per heavy atom. The topological polar surface area (TPSA) is 51.9 Å². The van der Waals surface area contributed by atoms with Gasteiger partial charge in [0.1, 0.15) is 11.5 Å². The van der Waals surface area contributed by atoms with Crippen LogP contribution < -0.4 is 9.47 Å². The molecule has 0 unspecified atom stereocenters. The summed E-state index contributed by atoms with van der Waals surface area (Å²) in [6.45, 7) is 2.38. The van der Waals surface area contributed by atoms with Crippen LogP contribution in [0.15, 0.2) is 34.7 Å². The third-order valence-electron chi connectivity index (χ3n) is 3.69. The summed E-state index contributed by atoms with van der Waals surface area (Å²) in [6, 6.07) is 9.51. The monoisotopic (exact) mass is 317 g/mol. The molecule has 0 bridgehead atoms. The molecule has 0 aliphatic carbocycles. The number of aryl methyl sites for hydroxylation is 2. The van der Waals surface area contributed by atoms with Crippen LogP contribution in [0.1, 0.15) is 23.5 Å². The van der Waals surface area contributed by atoms with E-state index in [4.69, 9.17) is 13.9 Å². The van der Waals surface area contributed by atoms with Crippen molar-refractivity contribution in [1.29, 1.82) is 0 Å². The number of hydrogen-bond acceptors (Lipinski definition) is 4. The maximum atomic E-state index is 12.2. The Morgan fingerprint density at radius 1 is 1.13 bits per heavy atom. The lowest BCUT2D eigenvalue weighted by molar-refractivity contribution is -0.130. The minimum absolute atomic E-state index is 0.0776. The van der Waals surface area contributed by atoms with Crippen molar-refractivity contribution in [2.75, 3.05) is 21.3 Å². The molecule has 2 aromatic rings. The molecular weight excluding hydrogens is 294 g/mol. The van der Waals surface area contributed by atoms with Crippen molar-refractivity contribution in [3.05, 3.63) is 47.4 Å². The average Bonchev–Trinajstić information content (AvgIpc) is 2.96. The van der Waals surface area contributed by atoms with E-state index in [1.165, 1.54) is 0 Å². The Kier molecular flexibility index (Phi) is 5.68. The first-order valence-corrected chi connectivity index (χ1v) is 7.53. The van der Waals surface area contributed by atoms with E-state index < -0.39 is 0 Å². The van der Waals surface area contributed by atoms with Crippen molar-refractivity contribution >= 4 is 5.91 Å². The molecule has 124 valence electrons. The van der Waals surface area contributed by atoms with Gasteiger partial charge in [-0.15, -0.1) is 0 Å². The van der Waals surface area contributed by atoms with E-state index in [0.717, 1.165) is 17.1 Å². The van der Waals surface area contributed by atoms with Crippen LogP contribution in [0.2, 0.25) is 0 Å². The zero-order valence-electron chi connectivity index (χ0n) is 14.1. The maximum Gasteiger partial charge on any atom is 0.223 e. The quantitative estimate of drug-likeness (QED) is 0.787. The van der Waals surface area contributed by atoms with Crippen LogP contribution in [0, 0.1) is 6.92 Å². The number of furan rings is 1. The number of rotatable bonds is 7. The molecule has 0 saturated carbocycles. The van der Waals surface area contributed by atoms with Gasteiger partial charge in [-0.2, -0.15) is 0 Å². The first kappa shape index (κ1) is 16.9. The minimum atomic E-state index is 0.0776. The van der Waals surface area contributed by atoms with E-state index in [1.54, 1.807) is 26.2 Å². The van der Waals surface area contributed by atoms with Gasteiger partial charge in [0, 0.05) is 13.5 Å². The fourth-order valence-corrected chi connectivity index (χ4v) is 2.37. The minimum Gasteiger partial charge on any atom is -0.493 e. The number of carbonyl (C=O) groups excluding carboxylic acids is 1. The van der Waals surface area contributed by atoms with E-state index in [-0.39, 0.29) is 5.91 Å². The van der Waals surface area contributed by atoms with Crippen molar-refractivity contribution in [3.8, 4) is 11.5 Å². The largest absolute Gasteiger partial charge is 0.493 e. The van der Waals surface area contributed by atoms with E-state index in [9.17, 15) is 4.79 Å². The molecule has 0 spiro atoms. The Bertz CT molecular complexity index is 663. The van der Waals surface area contributed by atoms with Crippen molar-refractivity contribution in [2.45, 2.75) is 26.3 Å². The predicted molar refractivity (Wildman–Crippen MR) is 87.8 cm³/mol. The summed E-state index contributed by atoms with van der Waals surface area (Å²) < 4.78 is 16.0. The van der Waals surface area contributed by atoms with E-state index >= 15 is 0 Å². The molecule has 1 aromatic heterocycles. The fourth-order valence-electron chi connectivity index (χ4n) is 2.37. The molecule has 5 heteroatoms. The lowest BCUT2D eigenvalue weighted by Crippen LogP contribution is -2.26. The standard InChI is InChI=1S/C18H23NO4/c1-13-5-8-15(23-13)12-19(2)18(20)10-7-14-6-9-16(21-3)17(11-14)22-4/h5-6,8-9,11H,7,10,12H2,1-4H3. The molecule has 1 amide bonds. The highest BCUT2D eigenvalue weighted by atomic mass is 16.5. The number of ether oxygens (including phenoxy) is 2. The van der Waals surface area contributed by atoms with Gasteiger partial charge in [-0.25, -0.2) is 0 Å². The average molecular weight is 317 g/mol. The zero-order valence-corrected chi connectivity index (χ0v) is 14.1. The number of methoxy groups -OCH3 is 2. The maximum absolute atomic E-state index is 12.2. The normalized spacial score (nSPS) is 10.4. The van der Waals surface area contributed by atoms with Gasteiger partial charge in [0.05, 0.1) is 20.8 Å². The summed E-state index contributed by atoms with van der Waals surface area (Å²) in [5.41, 5.74) is 1.04. The molecule has 0 aliphatic heterocycles. The van der Waals surface area contributed by atoms with Gasteiger partial charge in [-0.3, -0.25) is 4.79 Å². The van der Waals surface area contributed by atoms with Gasteiger partial charge in [0.25, 0.3) is 0 Å². The summed E-state index contributed by atoms with van der Waals surface area (Å²) in [4.78, 5) is 13.9. The van der Waals surface area contributed by atoms with Crippen LogP contribution in [0.3, 0.4) is 0 Å². The highest BCUT2D eigenvalue weighted by Gasteiger charge is 2.12. The lowest BCUT2D eigenvalue weighted by Gasteiger charge is -2.16. The molecule has 2 rings (SSSR count). The summed E-state index contributed by atoms with van der Waals surface area (Å²) >= 11 is 0. The summed E-state index contributed by atoms with van der Waals surface area (Å²) in [7, 11) is 4.99. The first-order valence-electron chi connectivity index (χ1n) is 7.53. The van der Waals surface area contributed by atoms with Crippen LogP contribution in [-0.4, -0.2) is 32.1 Å². The van der Waals surface area contributed by atoms with Gasteiger partial charge >= 0.3 is 0 Å². The highest BCUT2D eigenvalue weighted by molar-refractivity contribution is 5.76. The zero-order chi connectivity index (χ0) is 16.8. The number of benzene rings is 1. The van der Waals surface area contributed by atoms with Crippen molar-refractivity contribution in [2.24, 2.45) is 0 Å². The van der Waals surface area contributed by atoms with Crippen molar-refractivity contribution < 1.29 is 18.7 Å². The predicted octanol–water partition coefficient (Wildman–Crippen LogP) is 3.20. The first-order chi connectivity index (χ1) is 11.0. The molecular formula is C18H23NO4. The second kappa shape index (κ2) is 7.72. The number of nitrogens with zero attached hydrogens (tertiary/aromatic N) is 1. The summed E-state index contributed by atoms with van der Waals surface area (Å²) in [6.07, 6.45) is 1.09. The van der Waals surface area contributed by atoms with E-state index in [1.807, 2.05) is 37.3 Å². The van der Waals surface area contributed by atoms with Crippen LogP contribution >= 0.6 is 0 Å². The molecule has 1 aromatic carbocycles. The van der Waals surface area contributed by atoms with Crippen LogP contribution in [0.25, 0.3) is 0 Å². The van der Waals surface area contributed by atoms with Crippen molar-refractivity contribution in [1.82, 2.24) is 4.90 Å². The Labute approximate surface area is 136 Å². The Hall–Kier alpha value is -2.43. The molecule has 0 atom stereocenters. The van der Waals surface area contributed by atoms with Gasteiger partial charge < -0.3 is 18.8 Å². The highest BCUT2D eigenvalue weighted by Crippen LogP contribution is 2.28. The molecule has 0 N–H and O–H groups in total. The second-order valence-corrected chi connectivity index (χ2v) is 5.45. The third kappa shape index (κ3) is 4.52. The van der Waals surface area contributed by atoms with Gasteiger partial charge in [0.15, 0.2) is 11.5 Å². The van der Waals surface area contributed by atoms with Gasteiger partial charge in [0.2, 0.25) is 5.91 Å². The van der Waals surface area contributed by atoms with Gasteiger partial charge in [-0.05, 0) is 43.2 Å². The summed E-state index contributed by atoms with van der Waals surface area (Å²) in [5, 5.41) is 0. The Balaban J connectivity index is 1.90. The smallest absolute Gasteiger partial charge is 0.223 e. The van der Waals surface area contributed by atoms with E-state index in [0.29, 0.717) is 30.9 Å². The molecule has 0 saturated heterocycles. The van der Waals surface area contributed by atoms with Gasteiger partial charge in [-0.1, -0.05) is 6.07 Å². The fraction of sp³-hybridized carbons (Fsp3) is 0.389. The number of carbonyl (C=O) groups is 1. The van der Waals surface area contributed by atoms with E-state index in [2.05, 4.69) is 0 Å². The molecule has 1 heterocycles. The molecule has 0 aliphatic rings.